The number of benzene rings is 1. The van der Waals surface area contributed by atoms with Crippen molar-refractivity contribution >= 4 is 18.0 Å². The molecule has 1 saturated heterocycles. The van der Waals surface area contributed by atoms with Crippen molar-refractivity contribution in [2.75, 3.05) is 0 Å². The highest BCUT2D eigenvalue weighted by atomic mass is 16.3. The van der Waals surface area contributed by atoms with E-state index in [2.05, 4.69) is 17.3 Å². The monoisotopic (exact) mass is 282 g/mol. The number of amides is 2. The molecular weight excluding hydrogens is 268 g/mol. The predicted octanol–water partition coefficient (Wildman–Crippen LogP) is 1.53. The number of phenolic OH excluding ortho intramolecular Hbond substituents is 1. The topological polar surface area (TPSA) is 70.0 Å². The van der Waals surface area contributed by atoms with Gasteiger partial charge in [-0.1, -0.05) is 12.2 Å². The Hall–Kier alpha value is -2.43. The van der Waals surface area contributed by atoms with Crippen LogP contribution in [0.1, 0.15) is 12.0 Å². The fourth-order valence-corrected chi connectivity index (χ4v) is 3.69. The van der Waals surface area contributed by atoms with Crippen molar-refractivity contribution in [2.45, 2.75) is 6.42 Å². The molecule has 0 aromatic heterocycles. The molecule has 1 aliphatic heterocycles. The Labute approximate surface area is 121 Å². The number of hydrazone groups is 1. The minimum absolute atomic E-state index is 0.164. The van der Waals surface area contributed by atoms with Crippen LogP contribution in [0.25, 0.3) is 0 Å². The lowest BCUT2D eigenvalue weighted by molar-refractivity contribution is -0.140. The Balaban J connectivity index is 1.58. The Kier molecular flexibility index (Phi) is 2.51. The smallest absolute Gasteiger partial charge is 0.254 e. The fourth-order valence-electron chi connectivity index (χ4n) is 3.69. The molecule has 1 aromatic rings. The van der Waals surface area contributed by atoms with Gasteiger partial charge in [0.15, 0.2) is 0 Å². The lowest BCUT2D eigenvalue weighted by Crippen LogP contribution is -2.28. The van der Waals surface area contributed by atoms with Gasteiger partial charge in [0.05, 0.1) is 18.1 Å². The van der Waals surface area contributed by atoms with Gasteiger partial charge in [-0.05, 0) is 48.1 Å². The summed E-state index contributed by atoms with van der Waals surface area (Å²) in [6.45, 7) is 0. The van der Waals surface area contributed by atoms with Crippen LogP contribution in [0.15, 0.2) is 41.5 Å². The number of hydrogen-bond acceptors (Lipinski definition) is 4. The summed E-state index contributed by atoms with van der Waals surface area (Å²) in [6.07, 6.45) is 6.52. The molecule has 1 aromatic carbocycles. The van der Waals surface area contributed by atoms with Gasteiger partial charge in [0.1, 0.15) is 5.75 Å². The van der Waals surface area contributed by atoms with Crippen LogP contribution in [-0.2, 0) is 9.59 Å². The lowest BCUT2D eigenvalue weighted by atomic mass is 9.85. The molecule has 21 heavy (non-hydrogen) atoms. The maximum absolute atomic E-state index is 12.4. The van der Waals surface area contributed by atoms with Crippen molar-refractivity contribution in [1.82, 2.24) is 5.01 Å². The second-order valence-corrected chi connectivity index (χ2v) is 5.82. The van der Waals surface area contributed by atoms with E-state index in [4.69, 9.17) is 0 Å². The third kappa shape index (κ3) is 1.73. The number of hydrogen-bond donors (Lipinski definition) is 1. The Morgan fingerprint density at radius 3 is 2.19 bits per heavy atom. The van der Waals surface area contributed by atoms with E-state index in [1.165, 1.54) is 18.3 Å². The third-order valence-corrected chi connectivity index (χ3v) is 4.66. The first-order valence-corrected chi connectivity index (χ1v) is 7.04. The molecule has 2 fully saturated rings. The number of phenols is 1. The Bertz CT molecular complexity index is 647. The molecule has 1 N–H and O–H groups in total. The van der Waals surface area contributed by atoms with Crippen LogP contribution in [-0.4, -0.2) is 28.1 Å². The molecule has 4 atom stereocenters. The molecule has 5 nitrogen and oxygen atoms in total. The van der Waals surface area contributed by atoms with E-state index in [1.54, 1.807) is 12.1 Å². The zero-order chi connectivity index (χ0) is 14.6. The summed E-state index contributed by atoms with van der Waals surface area (Å²) in [6, 6.07) is 6.42. The zero-order valence-electron chi connectivity index (χ0n) is 11.2. The second kappa shape index (κ2) is 4.28. The van der Waals surface area contributed by atoms with E-state index in [9.17, 15) is 14.7 Å². The Morgan fingerprint density at radius 1 is 1.05 bits per heavy atom. The van der Waals surface area contributed by atoms with Gasteiger partial charge in [-0.15, -0.1) is 0 Å². The first kappa shape index (κ1) is 12.3. The summed E-state index contributed by atoms with van der Waals surface area (Å²) in [4.78, 5) is 24.8. The number of fused-ring (bicyclic) bond motifs is 5. The van der Waals surface area contributed by atoms with Crippen LogP contribution in [0.4, 0.5) is 0 Å². The van der Waals surface area contributed by atoms with E-state index in [0.29, 0.717) is 0 Å². The van der Waals surface area contributed by atoms with E-state index >= 15 is 0 Å². The molecule has 2 aliphatic carbocycles. The molecule has 0 unspecified atom stereocenters. The van der Waals surface area contributed by atoms with Gasteiger partial charge in [0.25, 0.3) is 11.8 Å². The molecule has 2 bridgehead atoms. The van der Waals surface area contributed by atoms with Gasteiger partial charge in [0.2, 0.25) is 0 Å². The maximum Gasteiger partial charge on any atom is 0.254 e. The van der Waals surface area contributed by atoms with E-state index in [0.717, 1.165) is 17.0 Å². The second-order valence-electron chi connectivity index (χ2n) is 5.82. The number of aromatic hydroxyl groups is 1. The average molecular weight is 282 g/mol. The maximum atomic E-state index is 12.4. The van der Waals surface area contributed by atoms with Crippen molar-refractivity contribution in [1.29, 1.82) is 0 Å². The summed E-state index contributed by atoms with van der Waals surface area (Å²) in [5.74, 6) is -0.240. The van der Waals surface area contributed by atoms with Crippen LogP contribution in [0, 0.1) is 23.7 Å². The number of imide groups is 1. The number of carbonyl (C=O) groups is 2. The summed E-state index contributed by atoms with van der Waals surface area (Å²) in [5.41, 5.74) is 0.728. The van der Waals surface area contributed by atoms with Gasteiger partial charge in [0, 0.05) is 0 Å². The van der Waals surface area contributed by atoms with Crippen LogP contribution < -0.4 is 0 Å². The van der Waals surface area contributed by atoms with Gasteiger partial charge >= 0.3 is 0 Å². The minimum Gasteiger partial charge on any atom is -0.508 e. The molecule has 106 valence electrons. The van der Waals surface area contributed by atoms with Crippen LogP contribution in [0.3, 0.4) is 0 Å². The van der Waals surface area contributed by atoms with Gasteiger partial charge in [-0.2, -0.15) is 10.1 Å². The van der Waals surface area contributed by atoms with Crippen LogP contribution >= 0.6 is 0 Å². The SMILES string of the molecule is O=C1[C@@H]2[C@@H](C(=O)N1/N=C/c1ccc(O)cc1)[C@H]1C=C[C@@H]2C1. The largest absolute Gasteiger partial charge is 0.508 e. The number of allylic oxidation sites excluding steroid dienone is 2. The molecule has 0 spiro atoms. The van der Waals surface area contributed by atoms with Crippen molar-refractivity contribution in [3.8, 4) is 5.75 Å². The first-order chi connectivity index (χ1) is 10.1. The van der Waals surface area contributed by atoms with Crippen molar-refractivity contribution in [3.63, 3.8) is 0 Å². The molecule has 0 radical (unpaired) electrons. The standard InChI is InChI=1S/C16H14N2O3/c19-12-5-1-9(2-6-12)8-17-18-15(20)13-10-3-4-11(7-10)14(13)16(18)21/h1-6,8,10-11,13-14,19H,7H2/b17-8+/t10-,11+,13-,14-/m0/s1. The minimum atomic E-state index is -0.218. The van der Waals surface area contributed by atoms with Crippen LogP contribution in [0.5, 0.6) is 5.75 Å². The molecule has 1 saturated carbocycles. The third-order valence-electron chi connectivity index (χ3n) is 4.66. The summed E-state index contributed by atoms with van der Waals surface area (Å²) in [7, 11) is 0. The van der Waals surface area contributed by atoms with E-state index in [-0.39, 0.29) is 41.2 Å². The van der Waals surface area contributed by atoms with Gasteiger partial charge in [-0.3, -0.25) is 9.59 Å². The number of nitrogens with zero attached hydrogens (tertiary/aromatic N) is 2. The highest BCUT2D eigenvalue weighted by Gasteiger charge is 2.59. The quantitative estimate of drug-likeness (QED) is 0.508. The molecule has 4 rings (SSSR count). The highest BCUT2D eigenvalue weighted by Crippen LogP contribution is 2.52. The molecule has 5 heteroatoms. The average Bonchev–Trinajstić information content (AvgIpc) is 3.14. The first-order valence-electron chi connectivity index (χ1n) is 7.04. The molecule has 1 heterocycles. The molecule has 3 aliphatic rings. The normalized spacial score (nSPS) is 33.4. The summed E-state index contributed by atoms with van der Waals surface area (Å²) >= 11 is 0. The number of rotatable bonds is 2. The van der Waals surface area contributed by atoms with E-state index < -0.39 is 0 Å². The summed E-state index contributed by atoms with van der Waals surface area (Å²) < 4.78 is 0. The number of carbonyl (C=O) groups excluding carboxylic acids is 2. The van der Waals surface area contributed by atoms with Crippen molar-refractivity contribution < 1.29 is 14.7 Å². The van der Waals surface area contributed by atoms with Gasteiger partial charge in [-0.25, -0.2) is 0 Å². The van der Waals surface area contributed by atoms with Gasteiger partial charge < -0.3 is 5.11 Å². The summed E-state index contributed by atoms with van der Waals surface area (Å²) in [5, 5.41) is 14.3. The lowest BCUT2D eigenvalue weighted by Gasteiger charge is -2.13. The van der Waals surface area contributed by atoms with Crippen LogP contribution in [0.2, 0.25) is 0 Å². The highest BCUT2D eigenvalue weighted by molar-refractivity contribution is 6.06. The Morgan fingerprint density at radius 2 is 1.62 bits per heavy atom. The predicted molar refractivity (Wildman–Crippen MR) is 75.3 cm³/mol. The fraction of sp³-hybridized carbons (Fsp3) is 0.312. The molecule has 2 amide bonds. The van der Waals surface area contributed by atoms with Crippen molar-refractivity contribution in [3.05, 3.63) is 42.0 Å². The van der Waals surface area contributed by atoms with Crippen molar-refractivity contribution in [2.24, 2.45) is 28.8 Å². The van der Waals surface area contributed by atoms with E-state index in [1.807, 2.05) is 0 Å². The zero-order valence-corrected chi connectivity index (χ0v) is 11.2. The molecular formula is C16H14N2O3.